The molecule has 3 rings (SSSR count). The number of carbonyl (C=O) groups excluding carboxylic acids is 1. The van der Waals surface area contributed by atoms with Crippen molar-refractivity contribution in [3.63, 3.8) is 0 Å². The van der Waals surface area contributed by atoms with Gasteiger partial charge in [0.25, 0.3) is 5.91 Å². The van der Waals surface area contributed by atoms with Gasteiger partial charge in [0.15, 0.2) is 5.69 Å². The second-order valence-electron chi connectivity index (χ2n) is 5.22. The number of nitrogens with zero attached hydrogens (tertiary/aromatic N) is 4. The maximum absolute atomic E-state index is 12.3. The third kappa shape index (κ3) is 2.80. The van der Waals surface area contributed by atoms with Crippen LogP contribution >= 0.6 is 0 Å². The molecule has 0 aliphatic carbocycles. The lowest BCUT2D eigenvalue weighted by Gasteiger charge is -2.25. The molecule has 0 bridgehead atoms. The molecule has 6 heteroatoms. The zero-order valence-electron chi connectivity index (χ0n) is 12.2. The van der Waals surface area contributed by atoms with Crippen LogP contribution in [0.5, 0.6) is 0 Å². The summed E-state index contributed by atoms with van der Waals surface area (Å²) in [5, 5.41) is 8.06. The van der Waals surface area contributed by atoms with E-state index in [-0.39, 0.29) is 5.91 Å². The topological polar surface area (TPSA) is 60.2 Å². The fourth-order valence-electron chi connectivity index (χ4n) is 2.28. The van der Waals surface area contributed by atoms with Gasteiger partial charge in [-0.25, -0.2) is 4.68 Å². The van der Waals surface area contributed by atoms with Crippen molar-refractivity contribution >= 4 is 5.91 Å². The molecule has 1 aliphatic heterocycles. The van der Waals surface area contributed by atoms with Crippen molar-refractivity contribution in [2.75, 3.05) is 26.3 Å². The maximum Gasteiger partial charge on any atom is 0.276 e. The van der Waals surface area contributed by atoms with E-state index < -0.39 is 0 Å². The van der Waals surface area contributed by atoms with Crippen molar-refractivity contribution in [1.82, 2.24) is 19.9 Å². The quantitative estimate of drug-likeness (QED) is 0.836. The molecule has 6 nitrogen and oxygen atoms in total. The third-order valence-electron chi connectivity index (χ3n) is 3.77. The van der Waals surface area contributed by atoms with E-state index in [4.69, 9.17) is 4.74 Å². The molecule has 0 radical (unpaired) electrons. The Kier molecular flexibility index (Phi) is 3.70. The van der Waals surface area contributed by atoms with Gasteiger partial charge in [-0.05, 0) is 37.1 Å². The normalized spacial score (nSPS) is 15.2. The molecule has 0 N–H and O–H groups in total. The Morgan fingerprint density at radius 2 is 1.95 bits per heavy atom. The zero-order chi connectivity index (χ0) is 14.8. The monoisotopic (exact) mass is 286 g/mol. The van der Waals surface area contributed by atoms with Crippen LogP contribution in [0.1, 0.15) is 21.6 Å². The van der Waals surface area contributed by atoms with Gasteiger partial charge in [0, 0.05) is 13.1 Å². The number of morpholine rings is 1. The lowest BCUT2D eigenvalue weighted by atomic mass is 10.1. The van der Waals surface area contributed by atoms with Crippen molar-refractivity contribution in [2.45, 2.75) is 13.8 Å². The molecule has 1 saturated heterocycles. The molecule has 1 amide bonds. The zero-order valence-corrected chi connectivity index (χ0v) is 12.2. The van der Waals surface area contributed by atoms with Crippen molar-refractivity contribution in [3.05, 3.63) is 41.2 Å². The van der Waals surface area contributed by atoms with E-state index in [1.165, 1.54) is 11.1 Å². The number of hydrogen-bond acceptors (Lipinski definition) is 4. The van der Waals surface area contributed by atoms with Crippen LogP contribution in [0.3, 0.4) is 0 Å². The highest BCUT2D eigenvalue weighted by Crippen LogP contribution is 2.14. The average molecular weight is 286 g/mol. The predicted molar refractivity (Wildman–Crippen MR) is 77.6 cm³/mol. The minimum atomic E-state index is -0.0895. The highest BCUT2D eigenvalue weighted by atomic mass is 16.5. The highest BCUT2D eigenvalue weighted by Gasteiger charge is 2.21. The molecule has 1 fully saturated rings. The first-order valence-electron chi connectivity index (χ1n) is 7.02. The number of hydrogen-bond donors (Lipinski definition) is 0. The molecule has 1 aliphatic rings. The van der Waals surface area contributed by atoms with Gasteiger partial charge < -0.3 is 9.64 Å². The second-order valence-corrected chi connectivity index (χ2v) is 5.22. The minimum Gasteiger partial charge on any atom is -0.378 e. The fraction of sp³-hybridized carbons (Fsp3) is 0.400. The maximum atomic E-state index is 12.3. The lowest BCUT2D eigenvalue weighted by molar-refractivity contribution is 0.0299. The van der Waals surface area contributed by atoms with E-state index >= 15 is 0 Å². The molecule has 110 valence electrons. The summed E-state index contributed by atoms with van der Waals surface area (Å²) in [5.74, 6) is -0.0895. The molecule has 21 heavy (non-hydrogen) atoms. The summed E-state index contributed by atoms with van der Waals surface area (Å²) in [5.41, 5.74) is 3.69. The largest absolute Gasteiger partial charge is 0.378 e. The van der Waals surface area contributed by atoms with E-state index in [1.54, 1.807) is 15.8 Å². The Bertz CT molecular complexity index is 659. The van der Waals surface area contributed by atoms with Crippen LogP contribution < -0.4 is 0 Å². The van der Waals surface area contributed by atoms with E-state index in [9.17, 15) is 4.79 Å². The molecule has 2 aromatic rings. The van der Waals surface area contributed by atoms with Gasteiger partial charge in [-0.3, -0.25) is 4.79 Å². The lowest BCUT2D eigenvalue weighted by Crippen LogP contribution is -2.40. The van der Waals surface area contributed by atoms with Gasteiger partial charge in [0.2, 0.25) is 0 Å². The van der Waals surface area contributed by atoms with E-state index in [1.807, 2.05) is 18.2 Å². The van der Waals surface area contributed by atoms with Crippen molar-refractivity contribution in [2.24, 2.45) is 0 Å². The average Bonchev–Trinajstić information content (AvgIpc) is 3.00. The van der Waals surface area contributed by atoms with Gasteiger partial charge in [-0.1, -0.05) is 11.3 Å². The number of carbonyl (C=O) groups is 1. The Hall–Kier alpha value is -2.21. The van der Waals surface area contributed by atoms with Crippen molar-refractivity contribution < 1.29 is 9.53 Å². The highest BCUT2D eigenvalue weighted by molar-refractivity contribution is 5.92. The molecule has 0 saturated carbocycles. The van der Waals surface area contributed by atoms with E-state index in [0.717, 1.165) is 5.69 Å². The van der Waals surface area contributed by atoms with Gasteiger partial charge >= 0.3 is 0 Å². The molecular formula is C15H18N4O2. The van der Waals surface area contributed by atoms with E-state index in [0.29, 0.717) is 32.0 Å². The number of amides is 1. The van der Waals surface area contributed by atoms with Crippen LogP contribution in [0.25, 0.3) is 5.69 Å². The molecule has 1 aromatic heterocycles. The summed E-state index contributed by atoms with van der Waals surface area (Å²) in [6.45, 7) is 6.49. The smallest absolute Gasteiger partial charge is 0.276 e. The van der Waals surface area contributed by atoms with Crippen LogP contribution in [-0.2, 0) is 4.74 Å². The Morgan fingerprint density at radius 3 is 2.67 bits per heavy atom. The predicted octanol–water partition coefficient (Wildman–Crippen LogP) is 1.36. The first-order valence-corrected chi connectivity index (χ1v) is 7.02. The third-order valence-corrected chi connectivity index (χ3v) is 3.77. The summed E-state index contributed by atoms with van der Waals surface area (Å²) in [7, 11) is 0. The summed E-state index contributed by atoms with van der Waals surface area (Å²) in [6, 6.07) is 6.04. The van der Waals surface area contributed by atoms with Crippen LogP contribution in [0.2, 0.25) is 0 Å². The fourth-order valence-corrected chi connectivity index (χ4v) is 2.28. The van der Waals surface area contributed by atoms with Crippen LogP contribution in [0.4, 0.5) is 0 Å². The standard InChI is InChI=1S/C15H18N4O2/c1-11-3-4-13(9-12(11)2)19-10-14(16-17-19)15(20)18-5-7-21-8-6-18/h3-4,9-10H,5-8H2,1-2H3. The number of rotatable bonds is 2. The summed E-state index contributed by atoms with van der Waals surface area (Å²) in [4.78, 5) is 14.1. The number of benzene rings is 1. The summed E-state index contributed by atoms with van der Waals surface area (Å²) >= 11 is 0. The van der Waals surface area contributed by atoms with Crippen molar-refractivity contribution in [3.8, 4) is 5.69 Å². The summed E-state index contributed by atoms with van der Waals surface area (Å²) < 4.78 is 6.89. The molecule has 1 aromatic carbocycles. The van der Waals surface area contributed by atoms with E-state index in [2.05, 4.69) is 24.2 Å². The van der Waals surface area contributed by atoms with Gasteiger partial charge in [-0.2, -0.15) is 0 Å². The number of aryl methyl sites for hydroxylation is 2. The SMILES string of the molecule is Cc1ccc(-n2cc(C(=O)N3CCOCC3)nn2)cc1C. The van der Waals surface area contributed by atoms with Gasteiger partial charge in [0.1, 0.15) is 0 Å². The number of aromatic nitrogens is 3. The second kappa shape index (κ2) is 5.65. The molecule has 0 spiro atoms. The van der Waals surface area contributed by atoms with Gasteiger partial charge in [-0.15, -0.1) is 5.10 Å². The Balaban J connectivity index is 1.82. The number of ether oxygens (including phenoxy) is 1. The Morgan fingerprint density at radius 1 is 1.19 bits per heavy atom. The minimum absolute atomic E-state index is 0.0895. The Labute approximate surface area is 123 Å². The van der Waals surface area contributed by atoms with Gasteiger partial charge in [0.05, 0.1) is 25.1 Å². The molecular weight excluding hydrogens is 268 g/mol. The molecule has 2 heterocycles. The van der Waals surface area contributed by atoms with Crippen molar-refractivity contribution in [1.29, 1.82) is 0 Å². The first kappa shape index (κ1) is 13.8. The molecule has 0 atom stereocenters. The van der Waals surface area contributed by atoms with Crippen LogP contribution in [0.15, 0.2) is 24.4 Å². The first-order chi connectivity index (χ1) is 10.1. The van der Waals surface area contributed by atoms with Crippen LogP contribution in [-0.4, -0.2) is 52.1 Å². The van der Waals surface area contributed by atoms with Crippen LogP contribution in [0, 0.1) is 13.8 Å². The summed E-state index contributed by atoms with van der Waals surface area (Å²) in [6.07, 6.45) is 1.68. The molecule has 0 unspecified atom stereocenters.